The van der Waals surface area contributed by atoms with Gasteiger partial charge < -0.3 is 26.2 Å². The zero-order valence-corrected chi connectivity index (χ0v) is 15.8. The molecule has 2 aromatic rings. The number of rotatable bonds is 11. The SMILES string of the molecule is CCCC(O)C(C)(CNCc1c[nH]c2c(N)ncnc12)CSCCO. The topological polar surface area (TPSA) is 120 Å². The fourth-order valence-corrected chi connectivity index (χ4v) is 3.92. The molecule has 2 heterocycles. The van der Waals surface area contributed by atoms with Crippen LogP contribution in [0.2, 0.25) is 0 Å². The molecule has 2 atom stereocenters. The van der Waals surface area contributed by atoms with E-state index in [0.717, 1.165) is 35.2 Å². The van der Waals surface area contributed by atoms with Crippen molar-refractivity contribution in [2.24, 2.45) is 5.41 Å². The lowest BCUT2D eigenvalue weighted by Gasteiger charge is -2.34. The van der Waals surface area contributed by atoms with Crippen LogP contribution in [0.25, 0.3) is 11.0 Å². The molecule has 140 valence electrons. The van der Waals surface area contributed by atoms with E-state index in [2.05, 4.69) is 34.1 Å². The number of hydrogen-bond acceptors (Lipinski definition) is 7. The van der Waals surface area contributed by atoms with E-state index in [9.17, 15) is 5.11 Å². The summed E-state index contributed by atoms with van der Waals surface area (Å²) >= 11 is 1.67. The van der Waals surface area contributed by atoms with Crippen LogP contribution < -0.4 is 11.1 Å². The molecule has 25 heavy (non-hydrogen) atoms. The summed E-state index contributed by atoms with van der Waals surface area (Å²) < 4.78 is 0. The number of nitrogens with zero attached hydrogens (tertiary/aromatic N) is 2. The summed E-state index contributed by atoms with van der Waals surface area (Å²) in [6.45, 7) is 5.65. The number of nitrogens with one attached hydrogen (secondary N) is 2. The Balaban J connectivity index is 2.00. The number of aliphatic hydroxyl groups is 2. The van der Waals surface area contributed by atoms with Crippen molar-refractivity contribution in [2.45, 2.75) is 39.3 Å². The van der Waals surface area contributed by atoms with E-state index in [4.69, 9.17) is 10.8 Å². The summed E-state index contributed by atoms with van der Waals surface area (Å²) in [5, 5.41) is 23.0. The van der Waals surface area contributed by atoms with Crippen molar-refractivity contribution in [2.75, 3.05) is 30.4 Å². The second kappa shape index (κ2) is 9.38. The number of nitrogens with two attached hydrogens (primary N) is 1. The predicted octanol–water partition coefficient (Wildman–Crippen LogP) is 1.52. The van der Waals surface area contributed by atoms with E-state index in [1.807, 2.05) is 6.20 Å². The predicted molar refractivity (Wildman–Crippen MR) is 103 cm³/mol. The Bertz CT molecular complexity index is 666. The van der Waals surface area contributed by atoms with Crippen LogP contribution in [0.1, 0.15) is 32.3 Å². The van der Waals surface area contributed by atoms with Crippen LogP contribution in [-0.2, 0) is 6.54 Å². The Labute approximate surface area is 152 Å². The van der Waals surface area contributed by atoms with Gasteiger partial charge in [-0.05, 0) is 6.42 Å². The summed E-state index contributed by atoms with van der Waals surface area (Å²) in [4.78, 5) is 11.4. The van der Waals surface area contributed by atoms with Crippen LogP contribution in [0.3, 0.4) is 0 Å². The molecule has 7 nitrogen and oxygen atoms in total. The van der Waals surface area contributed by atoms with Crippen molar-refractivity contribution in [3.05, 3.63) is 18.1 Å². The van der Waals surface area contributed by atoms with Gasteiger partial charge in [0.2, 0.25) is 0 Å². The monoisotopic (exact) mass is 367 g/mol. The fraction of sp³-hybridized carbons (Fsp3) is 0.647. The molecule has 0 aliphatic heterocycles. The molecule has 0 saturated carbocycles. The molecule has 0 aliphatic carbocycles. The molecule has 0 spiro atoms. The third kappa shape index (κ3) is 5.07. The van der Waals surface area contributed by atoms with E-state index in [1.54, 1.807) is 11.8 Å². The van der Waals surface area contributed by atoms with Crippen LogP contribution in [0.15, 0.2) is 12.5 Å². The van der Waals surface area contributed by atoms with Crippen LogP contribution >= 0.6 is 11.8 Å². The number of H-pyrrole nitrogens is 1. The summed E-state index contributed by atoms with van der Waals surface area (Å²) in [7, 11) is 0. The number of hydrogen-bond donors (Lipinski definition) is 5. The smallest absolute Gasteiger partial charge is 0.151 e. The van der Waals surface area contributed by atoms with Gasteiger partial charge in [-0.2, -0.15) is 11.8 Å². The number of fused-ring (bicyclic) bond motifs is 1. The van der Waals surface area contributed by atoms with Crippen molar-refractivity contribution in [1.82, 2.24) is 20.3 Å². The number of aliphatic hydroxyl groups excluding tert-OH is 2. The van der Waals surface area contributed by atoms with Crippen LogP contribution in [0.4, 0.5) is 5.82 Å². The maximum absolute atomic E-state index is 10.6. The number of anilines is 1. The first-order chi connectivity index (χ1) is 12.0. The van der Waals surface area contributed by atoms with Gasteiger partial charge in [0.1, 0.15) is 11.8 Å². The lowest BCUT2D eigenvalue weighted by molar-refractivity contribution is 0.0456. The highest BCUT2D eigenvalue weighted by Crippen LogP contribution is 2.29. The Hall–Kier alpha value is -1.35. The minimum Gasteiger partial charge on any atom is -0.396 e. The van der Waals surface area contributed by atoms with Gasteiger partial charge in [-0.3, -0.25) is 0 Å². The largest absolute Gasteiger partial charge is 0.396 e. The summed E-state index contributed by atoms with van der Waals surface area (Å²) in [6.07, 6.45) is 4.70. The minimum absolute atomic E-state index is 0.161. The van der Waals surface area contributed by atoms with Crippen LogP contribution in [0, 0.1) is 5.41 Å². The van der Waals surface area contributed by atoms with Crippen molar-refractivity contribution in [1.29, 1.82) is 0 Å². The normalized spacial score (nSPS) is 15.4. The molecule has 0 radical (unpaired) electrons. The molecule has 0 saturated heterocycles. The van der Waals surface area contributed by atoms with E-state index >= 15 is 0 Å². The average Bonchev–Trinajstić information content (AvgIpc) is 3.00. The third-order valence-corrected chi connectivity index (χ3v) is 5.78. The van der Waals surface area contributed by atoms with Gasteiger partial charge in [-0.15, -0.1) is 0 Å². The molecule has 0 aromatic carbocycles. The van der Waals surface area contributed by atoms with Gasteiger partial charge in [-0.25, -0.2) is 9.97 Å². The molecule has 0 fully saturated rings. The molecule has 2 rings (SSSR count). The van der Waals surface area contributed by atoms with Gasteiger partial charge in [-0.1, -0.05) is 20.3 Å². The van der Waals surface area contributed by atoms with Gasteiger partial charge in [0, 0.05) is 41.8 Å². The third-order valence-electron chi connectivity index (χ3n) is 4.45. The highest BCUT2D eigenvalue weighted by Gasteiger charge is 2.32. The zero-order valence-electron chi connectivity index (χ0n) is 15.0. The van der Waals surface area contributed by atoms with Crippen molar-refractivity contribution in [3.63, 3.8) is 0 Å². The number of nitrogen functional groups attached to an aromatic ring is 1. The van der Waals surface area contributed by atoms with Gasteiger partial charge in [0.15, 0.2) is 5.82 Å². The maximum atomic E-state index is 10.6. The lowest BCUT2D eigenvalue weighted by atomic mass is 9.84. The number of thioether (sulfide) groups is 1. The highest BCUT2D eigenvalue weighted by molar-refractivity contribution is 7.99. The Morgan fingerprint density at radius 3 is 2.96 bits per heavy atom. The summed E-state index contributed by atoms with van der Waals surface area (Å²) in [6, 6.07) is 0. The van der Waals surface area contributed by atoms with E-state index in [1.165, 1.54) is 6.33 Å². The van der Waals surface area contributed by atoms with Crippen LogP contribution in [-0.4, -0.2) is 55.9 Å². The van der Waals surface area contributed by atoms with Gasteiger partial charge in [0.05, 0.1) is 18.2 Å². The highest BCUT2D eigenvalue weighted by atomic mass is 32.2. The number of aromatic nitrogens is 3. The molecule has 0 amide bonds. The molecule has 8 heteroatoms. The van der Waals surface area contributed by atoms with Crippen LogP contribution in [0.5, 0.6) is 0 Å². The first-order valence-electron chi connectivity index (χ1n) is 8.65. The standard InChI is InChI=1S/C17H29N5O2S/c1-3-4-13(24)17(2,10-25-6-5-23)9-19-7-12-8-20-15-14(12)21-11-22-16(15)18/h8,11,13,19-20,23-24H,3-7,9-10H2,1-2H3,(H2,18,21,22). The molecule has 0 aliphatic rings. The van der Waals surface area contributed by atoms with Gasteiger partial charge >= 0.3 is 0 Å². The lowest BCUT2D eigenvalue weighted by Crippen LogP contribution is -2.43. The van der Waals surface area contributed by atoms with E-state index in [-0.39, 0.29) is 18.1 Å². The molecule has 2 aromatic heterocycles. The van der Waals surface area contributed by atoms with Crippen molar-refractivity contribution >= 4 is 28.6 Å². The zero-order chi connectivity index (χ0) is 18.3. The Morgan fingerprint density at radius 2 is 2.24 bits per heavy atom. The Morgan fingerprint density at radius 1 is 1.44 bits per heavy atom. The van der Waals surface area contributed by atoms with Gasteiger partial charge in [0.25, 0.3) is 0 Å². The quantitative estimate of drug-likeness (QED) is 0.382. The van der Waals surface area contributed by atoms with E-state index in [0.29, 0.717) is 24.7 Å². The average molecular weight is 368 g/mol. The maximum Gasteiger partial charge on any atom is 0.151 e. The van der Waals surface area contributed by atoms with Crippen molar-refractivity contribution in [3.8, 4) is 0 Å². The summed E-state index contributed by atoms with van der Waals surface area (Å²) in [5.74, 6) is 1.93. The molecular formula is C17H29N5O2S. The first kappa shape index (κ1) is 20.0. The second-order valence-electron chi connectivity index (χ2n) is 6.63. The Kier molecular flexibility index (Phi) is 7.49. The number of aromatic amines is 1. The summed E-state index contributed by atoms with van der Waals surface area (Å²) in [5.41, 5.74) is 8.20. The fourth-order valence-electron chi connectivity index (χ4n) is 2.89. The van der Waals surface area contributed by atoms with Crippen molar-refractivity contribution < 1.29 is 10.2 Å². The molecule has 6 N–H and O–H groups in total. The molecular weight excluding hydrogens is 338 g/mol. The molecule has 2 unspecified atom stereocenters. The molecule has 0 bridgehead atoms. The second-order valence-corrected chi connectivity index (χ2v) is 7.74. The van der Waals surface area contributed by atoms with E-state index < -0.39 is 0 Å². The minimum atomic E-state index is -0.378. The first-order valence-corrected chi connectivity index (χ1v) is 9.81.